The minimum atomic E-state index is -2.25. The molecular weight excluding hydrogens is 319 g/mol. The minimum Gasteiger partial charge on any atom is -0.226 e. The summed E-state index contributed by atoms with van der Waals surface area (Å²) in [5, 5.41) is 3.50. The first-order chi connectivity index (χ1) is 9.91. The number of nitrogens with zero attached hydrogens (tertiary/aromatic N) is 4. The van der Waals surface area contributed by atoms with Gasteiger partial charge in [0.05, 0.1) is 11.6 Å². The van der Waals surface area contributed by atoms with Gasteiger partial charge in [-0.25, -0.2) is 31.6 Å². The van der Waals surface area contributed by atoms with Crippen LogP contribution in [0.2, 0.25) is 5.28 Å². The van der Waals surface area contributed by atoms with E-state index in [0.717, 1.165) is 6.20 Å². The maximum absolute atomic E-state index is 13.7. The van der Waals surface area contributed by atoms with E-state index in [1.807, 2.05) is 0 Å². The molecule has 0 spiro atoms. The molecule has 21 heavy (non-hydrogen) atoms. The smallest absolute Gasteiger partial charge is 0.224 e. The first kappa shape index (κ1) is 13.7. The number of fused-ring (bicyclic) bond motifs is 1. The molecule has 1 aromatic carbocycles. The fourth-order valence-electron chi connectivity index (χ4n) is 1.74. The quantitative estimate of drug-likeness (QED) is 0.299. The molecule has 0 saturated heterocycles. The Bertz CT molecular complexity index is 850. The zero-order valence-electron chi connectivity index (χ0n) is 9.71. The SMILES string of the molecule is Fc1c(F)c(F)c(-n2ncc3cnc(Cl)nc32)c(F)c1F. The van der Waals surface area contributed by atoms with Crippen molar-refractivity contribution < 1.29 is 22.0 Å². The molecule has 108 valence electrons. The van der Waals surface area contributed by atoms with Crippen molar-refractivity contribution in [1.29, 1.82) is 0 Å². The molecule has 0 bridgehead atoms. The summed E-state index contributed by atoms with van der Waals surface area (Å²) >= 11 is 5.54. The molecule has 0 radical (unpaired) electrons. The Morgan fingerprint density at radius 3 is 2.05 bits per heavy atom. The van der Waals surface area contributed by atoms with Crippen molar-refractivity contribution in [2.45, 2.75) is 0 Å². The minimum absolute atomic E-state index is 0.196. The molecule has 0 saturated carbocycles. The molecule has 0 aliphatic heterocycles. The van der Waals surface area contributed by atoms with E-state index in [1.165, 1.54) is 6.20 Å². The molecule has 0 N–H and O–H groups in total. The van der Waals surface area contributed by atoms with Crippen LogP contribution < -0.4 is 0 Å². The molecule has 0 aliphatic carbocycles. The summed E-state index contributed by atoms with van der Waals surface area (Å²) in [4.78, 5) is 7.27. The average Bonchev–Trinajstić information content (AvgIpc) is 2.86. The predicted octanol–water partition coefficient (Wildman–Crippen LogP) is 3.16. The van der Waals surface area contributed by atoms with Crippen LogP contribution in [-0.2, 0) is 0 Å². The molecule has 2 aromatic heterocycles. The van der Waals surface area contributed by atoms with Crippen LogP contribution in [0.25, 0.3) is 16.7 Å². The maximum atomic E-state index is 13.7. The summed E-state index contributed by atoms with van der Waals surface area (Å²) < 4.78 is 67.4. The highest BCUT2D eigenvalue weighted by Crippen LogP contribution is 2.27. The van der Waals surface area contributed by atoms with Crippen LogP contribution in [0.15, 0.2) is 12.4 Å². The average molecular weight is 321 g/mol. The number of aromatic nitrogens is 4. The molecule has 3 rings (SSSR count). The van der Waals surface area contributed by atoms with Gasteiger partial charge < -0.3 is 0 Å². The van der Waals surface area contributed by atoms with E-state index < -0.39 is 34.8 Å². The molecular formula is C11H2ClF5N4. The Hall–Kier alpha value is -2.29. The van der Waals surface area contributed by atoms with Gasteiger partial charge in [-0.3, -0.25) is 0 Å². The van der Waals surface area contributed by atoms with Gasteiger partial charge in [0.1, 0.15) is 5.69 Å². The van der Waals surface area contributed by atoms with Gasteiger partial charge in [0.15, 0.2) is 28.9 Å². The highest BCUT2D eigenvalue weighted by Gasteiger charge is 2.28. The lowest BCUT2D eigenvalue weighted by Gasteiger charge is -2.08. The zero-order valence-corrected chi connectivity index (χ0v) is 10.5. The summed E-state index contributed by atoms with van der Waals surface area (Å²) in [6.07, 6.45) is 2.30. The third-order valence-electron chi connectivity index (χ3n) is 2.68. The Kier molecular flexibility index (Phi) is 3.01. The molecule has 3 aromatic rings. The lowest BCUT2D eigenvalue weighted by atomic mass is 10.2. The van der Waals surface area contributed by atoms with E-state index in [1.54, 1.807) is 0 Å². The van der Waals surface area contributed by atoms with Gasteiger partial charge in [0, 0.05) is 6.20 Å². The zero-order chi connectivity index (χ0) is 15.3. The molecule has 0 atom stereocenters. The second-order valence-electron chi connectivity index (χ2n) is 3.89. The number of halogens is 6. The molecule has 10 heteroatoms. The monoisotopic (exact) mass is 320 g/mol. The van der Waals surface area contributed by atoms with Gasteiger partial charge in [-0.2, -0.15) is 10.1 Å². The van der Waals surface area contributed by atoms with E-state index >= 15 is 0 Å². The lowest BCUT2D eigenvalue weighted by Crippen LogP contribution is -2.11. The van der Waals surface area contributed by atoms with Crippen molar-refractivity contribution in [2.24, 2.45) is 0 Å². The van der Waals surface area contributed by atoms with Gasteiger partial charge in [0.2, 0.25) is 11.1 Å². The van der Waals surface area contributed by atoms with E-state index in [0.29, 0.717) is 4.68 Å². The van der Waals surface area contributed by atoms with Crippen molar-refractivity contribution >= 4 is 22.6 Å². The summed E-state index contributed by atoms with van der Waals surface area (Å²) in [6.45, 7) is 0. The standard InChI is InChI=1S/C11H2ClF5N4/c12-11-18-1-3-2-19-21(10(3)20-11)9-7(16)5(14)4(13)6(15)8(9)17/h1-2H. The molecule has 0 amide bonds. The summed E-state index contributed by atoms with van der Waals surface area (Å²) in [5.74, 6) is -10.4. The molecule has 0 fully saturated rings. The molecule has 0 aliphatic rings. The maximum Gasteiger partial charge on any atom is 0.224 e. The fraction of sp³-hybridized carbons (Fsp3) is 0. The second-order valence-corrected chi connectivity index (χ2v) is 4.23. The summed E-state index contributed by atoms with van der Waals surface area (Å²) in [7, 11) is 0. The van der Waals surface area contributed by atoms with Crippen LogP contribution in [0.3, 0.4) is 0 Å². The van der Waals surface area contributed by atoms with Crippen LogP contribution in [0.1, 0.15) is 0 Å². The summed E-state index contributed by atoms with van der Waals surface area (Å²) in [5.41, 5.74) is -1.44. The molecule has 4 nitrogen and oxygen atoms in total. The van der Waals surface area contributed by atoms with Gasteiger partial charge in [-0.15, -0.1) is 0 Å². The van der Waals surface area contributed by atoms with Gasteiger partial charge >= 0.3 is 0 Å². The first-order valence-electron chi connectivity index (χ1n) is 5.30. The van der Waals surface area contributed by atoms with E-state index in [2.05, 4.69) is 15.1 Å². The van der Waals surface area contributed by atoms with E-state index in [9.17, 15) is 22.0 Å². The van der Waals surface area contributed by atoms with Crippen LogP contribution in [-0.4, -0.2) is 19.7 Å². The highest BCUT2D eigenvalue weighted by atomic mass is 35.5. The Morgan fingerprint density at radius 2 is 1.43 bits per heavy atom. The third kappa shape index (κ3) is 1.92. The lowest BCUT2D eigenvalue weighted by molar-refractivity contribution is 0.374. The predicted molar refractivity (Wildman–Crippen MR) is 61.5 cm³/mol. The number of hydrogen-bond donors (Lipinski definition) is 0. The van der Waals surface area contributed by atoms with E-state index in [-0.39, 0.29) is 16.3 Å². The van der Waals surface area contributed by atoms with Crippen LogP contribution >= 0.6 is 11.6 Å². The van der Waals surface area contributed by atoms with Crippen LogP contribution in [0.4, 0.5) is 22.0 Å². The van der Waals surface area contributed by atoms with Gasteiger partial charge in [-0.05, 0) is 11.6 Å². The van der Waals surface area contributed by atoms with Crippen molar-refractivity contribution in [3.8, 4) is 5.69 Å². The topological polar surface area (TPSA) is 43.6 Å². The highest BCUT2D eigenvalue weighted by molar-refractivity contribution is 6.28. The Balaban J connectivity index is 2.41. The Labute approximate surface area is 117 Å². The van der Waals surface area contributed by atoms with Crippen molar-refractivity contribution in [2.75, 3.05) is 0 Å². The largest absolute Gasteiger partial charge is 0.226 e. The molecule has 0 unspecified atom stereocenters. The molecule has 2 heterocycles. The number of hydrogen-bond acceptors (Lipinski definition) is 3. The number of benzene rings is 1. The number of rotatable bonds is 1. The third-order valence-corrected chi connectivity index (χ3v) is 2.86. The van der Waals surface area contributed by atoms with Crippen molar-refractivity contribution in [1.82, 2.24) is 19.7 Å². The Morgan fingerprint density at radius 1 is 0.857 bits per heavy atom. The second kappa shape index (κ2) is 4.62. The fourth-order valence-corrected chi connectivity index (χ4v) is 1.87. The van der Waals surface area contributed by atoms with E-state index in [4.69, 9.17) is 11.6 Å². The van der Waals surface area contributed by atoms with Crippen molar-refractivity contribution in [3.63, 3.8) is 0 Å². The van der Waals surface area contributed by atoms with Crippen LogP contribution in [0, 0.1) is 29.1 Å². The van der Waals surface area contributed by atoms with Crippen molar-refractivity contribution in [3.05, 3.63) is 46.8 Å². The van der Waals surface area contributed by atoms with Gasteiger partial charge in [0.25, 0.3) is 0 Å². The normalized spacial score (nSPS) is 11.3. The first-order valence-corrected chi connectivity index (χ1v) is 5.67. The van der Waals surface area contributed by atoms with Gasteiger partial charge in [-0.1, -0.05) is 0 Å². The van der Waals surface area contributed by atoms with Crippen LogP contribution in [0.5, 0.6) is 0 Å². The summed E-state index contributed by atoms with van der Waals surface area (Å²) in [6, 6.07) is 0.